The summed E-state index contributed by atoms with van der Waals surface area (Å²) in [5.74, 6) is -0.676. The van der Waals surface area contributed by atoms with Gasteiger partial charge in [-0.25, -0.2) is 0 Å². The number of aliphatic carboxylic acids is 1. The van der Waals surface area contributed by atoms with Gasteiger partial charge in [0.2, 0.25) is 5.91 Å². The summed E-state index contributed by atoms with van der Waals surface area (Å²) in [6, 6.07) is 0. The topological polar surface area (TPSA) is 72.9 Å². The minimum absolute atomic E-state index is 0.0679. The van der Waals surface area contributed by atoms with E-state index in [1.54, 1.807) is 7.05 Å². The average Bonchev–Trinajstić information content (AvgIpc) is 2.34. The standard InChI is InChI=1S/C11H21N3O3/c1-12-10(15)2-4-13-6-8-14(9-7-13)5-3-11(16)17/h2-9H2,1H3,(H,12,15)(H,16,17). The molecule has 0 atom stereocenters. The van der Waals surface area contributed by atoms with Crippen molar-refractivity contribution in [2.45, 2.75) is 12.8 Å². The lowest BCUT2D eigenvalue weighted by molar-refractivity contribution is -0.137. The van der Waals surface area contributed by atoms with Crippen LogP contribution in [0.3, 0.4) is 0 Å². The van der Waals surface area contributed by atoms with Gasteiger partial charge in [0, 0.05) is 52.7 Å². The first-order valence-corrected chi connectivity index (χ1v) is 5.99. The van der Waals surface area contributed by atoms with Gasteiger partial charge in [-0.2, -0.15) is 0 Å². The molecule has 1 heterocycles. The fourth-order valence-electron chi connectivity index (χ4n) is 1.87. The number of carbonyl (C=O) groups excluding carboxylic acids is 1. The van der Waals surface area contributed by atoms with Crippen molar-refractivity contribution in [1.82, 2.24) is 15.1 Å². The van der Waals surface area contributed by atoms with Crippen LogP contribution in [0.25, 0.3) is 0 Å². The highest BCUT2D eigenvalue weighted by Crippen LogP contribution is 2.03. The van der Waals surface area contributed by atoms with Gasteiger partial charge < -0.3 is 20.2 Å². The molecule has 6 heteroatoms. The van der Waals surface area contributed by atoms with Crippen molar-refractivity contribution in [3.63, 3.8) is 0 Å². The first-order chi connectivity index (χ1) is 8.11. The van der Waals surface area contributed by atoms with Crippen molar-refractivity contribution in [3.05, 3.63) is 0 Å². The van der Waals surface area contributed by atoms with Crippen LogP contribution in [0.2, 0.25) is 0 Å². The van der Waals surface area contributed by atoms with E-state index in [9.17, 15) is 9.59 Å². The van der Waals surface area contributed by atoms with Crippen LogP contribution in [-0.4, -0.2) is 73.1 Å². The molecule has 1 aliphatic heterocycles. The van der Waals surface area contributed by atoms with E-state index in [4.69, 9.17) is 5.11 Å². The monoisotopic (exact) mass is 243 g/mol. The lowest BCUT2D eigenvalue weighted by atomic mass is 10.2. The average molecular weight is 243 g/mol. The molecule has 0 aromatic rings. The second-order valence-electron chi connectivity index (χ2n) is 4.25. The zero-order valence-corrected chi connectivity index (χ0v) is 10.3. The van der Waals surface area contributed by atoms with Crippen LogP contribution >= 0.6 is 0 Å². The number of carboxylic acids is 1. The Hall–Kier alpha value is -1.14. The van der Waals surface area contributed by atoms with Gasteiger partial charge in [0.05, 0.1) is 6.42 Å². The molecule has 1 aliphatic rings. The van der Waals surface area contributed by atoms with Crippen LogP contribution in [0.4, 0.5) is 0 Å². The van der Waals surface area contributed by atoms with Gasteiger partial charge >= 0.3 is 5.97 Å². The summed E-state index contributed by atoms with van der Waals surface area (Å²) in [4.78, 5) is 25.9. The van der Waals surface area contributed by atoms with Crippen molar-refractivity contribution in [2.24, 2.45) is 0 Å². The van der Waals surface area contributed by atoms with Crippen molar-refractivity contribution < 1.29 is 14.7 Å². The summed E-state index contributed by atoms with van der Waals surface area (Å²) in [5.41, 5.74) is 0. The molecule has 0 saturated carbocycles. The van der Waals surface area contributed by atoms with Gasteiger partial charge in [0.25, 0.3) is 0 Å². The Labute approximate surface area is 102 Å². The Morgan fingerprint density at radius 1 is 1.06 bits per heavy atom. The molecule has 1 fully saturated rings. The van der Waals surface area contributed by atoms with Crippen LogP contribution in [0.15, 0.2) is 0 Å². The normalized spacial score (nSPS) is 17.9. The highest BCUT2D eigenvalue weighted by molar-refractivity contribution is 5.75. The fraction of sp³-hybridized carbons (Fsp3) is 0.818. The quantitative estimate of drug-likeness (QED) is 0.640. The van der Waals surface area contributed by atoms with Crippen LogP contribution < -0.4 is 5.32 Å². The van der Waals surface area contributed by atoms with Gasteiger partial charge in [-0.3, -0.25) is 9.59 Å². The third-order valence-corrected chi connectivity index (χ3v) is 3.04. The minimum Gasteiger partial charge on any atom is -0.481 e. The van der Waals surface area contributed by atoms with E-state index in [2.05, 4.69) is 15.1 Å². The summed E-state index contributed by atoms with van der Waals surface area (Å²) in [6.45, 7) is 5.01. The number of amides is 1. The molecule has 0 bridgehead atoms. The SMILES string of the molecule is CNC(=O)CCN1CCN(CCC(=O)O)CC1. The van der Waals surface area contributed by atoms with Gasteiger partial charge in [0.1, 0.15) is 0 Å². The van der Waals surface area contributed by atoms with Crippen LogP contribution in [0.5, 0.6) is 0 Å². The summed E-state index contributed by atoms with van der Waals surface area (Å²) in [5, 5.41) is 11.2. The first-order valence-electron chi connectivity index (χ1n) is 5.99. The highest BCUT2D eigenvalue weighted by atomic mass is 16.4. The van der Waals surface area contributed by atoms with E-state index in [0.717, 1.165) is 32.7 Å². The molecule has 1 amide bonds. The molecule has 0 aliphatic carbocycles. The number of carbonyl (C=O) groups is 2. The molecule has 0 aromatic carbocycles. The van der Waals surface area contributed by atoms with Gasteiger partial charge in [-0.1, -0.05) is 0 Å². The maximum absolute atomic E-state index is 11.1. The molecule has 1 rings (SSSR count). The number of piperazine rings is 1. The Balaban J connectivity index is 2.13. The smallest absolute Gasteiger partial charge is 0.304 e. The number of carboxylic acid groups (broad SMARTS) is 1. The zero-order valence-electron chi connectivity index (χ0n) is 10.3. The molecule has 1 saturated heterocycles. The van der Waals surface area contributed by atoms with Crippen LogP contribution in [-0.2, 0) is 9.59 Å². The molecule has 6 nitrogen and oxygen atoms in total. The molecule has 0 spiro atoms. The molecule has 0 aromatic heterocycles. The lowest BCUT2D eigenvalue weighted by Crippen LogP contribution is -2.47. The minimum atomic E-state index is -0.743. The Bertz CT molecular complexity index is 263. The predicted octanol–water partition coefficient (Wildman–Crippen LogP) is -0.785. The second kappa shape index (κ2) is 7.24. The predicted molar refractivity (Wildman–Crippen MR) is 63.8 cm³/mol. The van der Waals surface area contributed by atoms with E-state index < -0.39 is 5.97 Å². The molecule has 98 valence electrons. The van der Waals surface area contributed by atoms with Gasteiger partial charge in [0.15, 0.2) is 0 Å². The second-order valence-corrected chi connectivity index (χ2v) is 4.25. The van der Waals surface area contributed by atoms with E-state index >= 15 is 0 Å². The Morgan fingerprint density at radius 3 is 1.94 bits per heavy atom. The summed E-state index contributed by atoms with van der Waals surface area (Å²) < 4.78 is 0. The van der Waals surface area contributed by atoms with Crippen molar-refractivity contribution in [2.75, 3.05) is 46.3 Å². The maximum Gasteiger partial charge on any atom is 0.304 e. The first kappa shape index (κ1) is 13.9. The molecule has 17 heavy (non-hydrogen) atoms. The van der Waals surface area contributed by atoms with Crippen LogP contribution in [0.1, 0.15) is 12.8 Å². The molecule has 2 N–H and O–H groups in total. The largest absolute Gasteiger partial charge is 0.481 e. The van der Waals surface area contributed by atoms with E-state index in [1.165, 1.54) is 0 Å². The van der Waals surface area contributed by atoms with Crippen molar-refractivity contribution in [1.29, 1.82) is 0 Å². The van der Waals surface area contributed by atoms with E-state index in [0.29, 0.717) is 13.0 Å². The molecule has 0 radical (unpaired) electrons. The zero-order chi connectivity index (χ0) is 12.7. The fourth-order valence-corrected chi connectivity index (χ4v) is 1.87. The maximum atomic E-state index is 11.1. The van der Waals surface area contributed by atoms with Gasteiger partial charge in [-0.05, 0) is 0 Å². The number of nitrogens with one attached hydrogen (secondary N) is 1. The van der Waals surface area contributed by atoms with Crippen LogP contribution in [0, 0.1) is 0 Å². The van der Waals surface area contributed by atoms with E-state index in [-0.39, 0.29) is 12.3 Å². The Kier molecular flexibility index (Phi) is 5.93. The number of hydrogen-bond acceptors (Lipinski definition) is 4. The molecular formula is C11H21N3O3. The summed E-state index contributed by atoms with van der Waals surface area (Å²) in [6.07, 6.45) is 0.740. The van der Waals surface area contributed by atoms with Crippen molar-refractivity contribution in [3.8, 4) is 0 Å². The number of hydrogen-bond donors (Lipinski definition) is 2. The van der Waals surface area contributed by atoms with Gasteiger partial charge in [-0.15, -0.1) is 0 Å². The van der Waals surface area contributed by atoms with E-state index in [1.807, 2.05) is 0 Å². The molecular weight excluding hydrogens is 222 g/mol. The third-order valence-electron chi connectivity index (χ3n) is 3.04. The lowest BCUT2D eigenvalue weighted by Gasteiger charge is -2.34. The van der Waals surface area contributed by atoms with Crippen molar-refractivity contribution >= 4 is 11.9 Å². The highest BCUT2D eigenvalue weighted by Gasteiger charge is 2.17. The summed E-state index contributed by atoms with van der Waals surface area (Å²) >= 11 is 0. The Morgan fingerprint density at radius 2 is 1.53 bits per heavy atom. The third kappa shape index (κ3) is 5.65. The number of nitrogens with zero attached hydrogens (tertiary/aromatic N) is 2. The molecule has 0 unspecified atom stereocenters. The summed E-state index contributed by atoms with van der Waals surface area (Å²) in [7, 11) is 1.65. The number of rotatable bonds is 6.